The number of carboxylic acids is 1. The van der Waals surface area contributed by atoms with E-state index in [1.54, 1.807) is 12.1 Å². The first-order valence-corrected chi connectivity index (χ1v) is 4.56. The lowest BCUT2D eigenvalue weighted by Crippen LogP contribution is -2.09. The third-order valence-corrected chi connectivity index (χ3v) is 2.45. The first-order valence-electron chi connectivity index (χ1n) is 4.56. The zero-order valence-electron chi connectivity index (χ0n) is 8.19. The molecular weight excluding hydrogens is 191 g/mol. The number of fused-ring (bicyclic) bond motifs is 1. The van der Waals surface area contributed by atoms with Crippen LogP contribution in [0.25, 0.3) is 10.8 Å². The predicted octanol–water partition coefficient (Wildman–Crippen LogP) is 0.502. The molecule has 0 bridgehead atoms. The molecule has 0 aliphatic heterocycles. The van der Waals surface area contributed by atoms with E-state index in [1.165, 1.54) is 6.07 Å². The highest BCUT2D eigenvalue weighted by Crippen LogP contribution is 2.26. The summed E-state index contributed by atoms with van der Waals surface area (Å²) in [6.07, 6.45) is 0. The van der Waals surface area contributed by atoms with Crippen molar-refractivity contribution < 1.29 is 15.0 Å². The fourth-order valence-electron chi connectivity index (χ4n) is 1.70. The Morgan fingerprint density at radius 1 is 1.20 bits per heavy atom. The standard InChI is InChI=1S/C11H9BO3/c12-9-5-8(11(14)15)10(13)7-4-2-1-3-6(7)9/h1-5,13H,12H2,(H,14,15). The molecule has 0 saturated carbocycles. The van der Waals surface area contributed by atoms with Crippen LogP contribution in [0.5, 0.6) is 5.75 Å². The summed E-state index contributed by atoms with van der Waals surface area (Å²) in [5, 5.41) is 20.1. The molecule has 4 heteroatoms. The Labute approximate surface area is 87.4 Å². The van der Waals surface area contributed by atoms with Crippen molar-refractivity contribution in [3.8, 4) is 5.75 Å². The van der Waals surface area contributed by atoms with Gasteiger partial charge in [-0.25, -0.2) is 4.79 Å². The van der Waals surface area contributed by atoms with Crippen molar-refractivity contribution in [3.05, 3.63) is 35.9 Å². The second kappa shape index (κ2) is 3.31. The van der Waals surface area contributed by atoms with Crippen molar-refractivity contribution in [2.75, 3.05) is 0 Å². The molecule has 2 rings (SSSR count). The molecule has 0 amide bonds. The third-order valence-electron chi connectivity index (χ3n) is 2.45. The largest absolute Gasteiger partial charge is 0.506 e. The van der Waals surface area contributed by atoms with Crippen LogP contribution < -0.4 is 5.46 Å². The van der Waals surface area contributed by atoms with Crippen molar-refractivity contribution in [3.63, 3.8) is 0 Å². The first kappa shape index (κ1) is 9.58. The van der Waals surface area contributed by atoms with Crippen molar-refractivity contribution in [1.82, 2.24) is 0 Å². The normalized spacial score (nSPS) is 10.4. The highest BCUT2D eigenvalue weighted by Gasteiger charge is 2.13. The zero-order chi connectivity index (χ0) is 11.0. The molecular formula is C11H9BO3. The Morgan fingerprint density at radius 2 is 1.80 bits per heavy atom. The predicted molar refractivity (Wildman–Crippen MR) is 60.8 cm³/mol. The molecule has 15 heavy (non-hydrogen) atoms. The summed E-state index contributed by atoms with van der Waals surface area (Å²) in [4.78, 5) is 10.9. The average Bonchev–Trinajstić information content (AvgIpc) is 2.23. The summed E-state index contributed by atoms with van der Waals surface area (Å²) in [5.74, 6) is -1.27. The Hall–Kier alpha value is -1.97. The van der Waals surface area contributed by atoms with E-state index in [9.17, 15) is 9.90 Å². The summed E-state index contributed by atoms with van der Waals surface area (Å²) in [7, 11) is 1.83. The van der Waals surface area contributed by atoms with Gasteiger partial charge in [-0.05, 0) is 11.5 Å². The van der Waals surface area contributed by atoms with Crippen LogP contribution in [0.4, 0.5) is 0 Å². The second-order valence-electron chi connectivity index (χ2n) is 3.44. The molecule has 0 atom stereocenters. The van der Waals surface area contributed by atoms with Crippen molar-refractivity contribution >= 4 is 30.1 Å². The molecule has 74 valence electrons. The molecule has 3 nitrogen and oxygen atoms in total. The van der Waals surface area contributed by atoms with Crippen molar-refractivity contribution in [2.45, 2.75) is 0 Å². The summed E-state index contributed by atoms with van der Waals surface area (Å²) < 4.78 is 0. The van der Waals surface area contributed by atoms with Gasteiger partial charge in [-0.3, -0.25) is 0 Å². The minimum absolute atomic E-state index is 0.0498. The Bertz CT molecular complexity index is 549. The fourth-order valence-corrected chi connectivity index (χ4v) is 1.70. The maximum atomic E-state index is 10.9. The molecule has 0 aliphatic carbocycles. The maximum Gasteiger partial charge on any atom is 0.339 e. The molecule has 0 aromatic heterocycles. The van der Waals surface area contributed by atoms with E-state index < -0.39 is 5.97 Å². The van der Waals surface area contributed by atoms with Gasteiger partial charge in [0.15, 0.2) is 0 Å². The van der Waals surface area contributed by atoms with E-state index in [4.69, 9.17) is 5.11 Å². The van der Waals surface area contributed by atoms with Crippen molar-refractivity contribution in [1.29, 1.82) is 0 Å². The van der Waals surface area contributed by atoms with Crippen molar-refractivity contribution in [2.24, 2.45) is 0 Å². The van der Waals surface area contributed by atoms with E-state index in [-0.39, 0.29) is 11.3 Å². The highest BCUT2D eigenvalue weighted by molar-refractivity contribution is 6.39. The average molecular weight is 200 g/mol. The van der Waals surface area contributed by atoms with E-state index >= 15 is 0 Å². The van der Waals surface area contributed by atoms with Crippen LogP contribution >= 0.6 is 0 Å². The summed E-state index contributed by atoms with van der Waals surface area (Å²) in [5.41, 5.74) is 0.798. The van der Waals surface area contributed by atoms with Gasteiger partial charge in [0.05, 0.1) is 0 Å². The lowest BCUT2D eigenvalue weighted by atomic mass is 9.87. The number of phenols is 1. The Balaban J connectivity index is 2.90. The van der Waals surface area contributed by atoms with Crippen LogP contribution in [0.2, 0.25) is 0 Å². The molecule has 0 spiro atoms. The monoisotopic (exact) mass is 200 g/mol. The third kappa shape index (κ3) is 1.44. The lowest BCUT2D eigenvalue weighted by Gasteiger charge is -2.07. The van der Waals surface area contributed by atoms with Crippen LogP contribution in [0, 0.1) is 0 Å². The minimum Gasteiger partial charge on any atom is -0.506 e. The maximum absolute atomic E-state index is 10.9. The quantitative estimate of drug-likeness (QED) is 0.659. The van der Waals surface area contributed by atoms with Crippen LogP contribution in [-0.4, -0.2) is 24.0 Å². The van der Waals surface area contributed by atoms with E-state index in [0.29, 0.717) is 5.39 Å². The molecule has 2 aromatic carbocycles. The second-order valence-corrected chi connectivity index (χ2v) is 3.44. The number of aromatic hydroxyl groups is 1. The summed E-state index contributed by atoms with van der Waals surface area (Å²) in [6, 6.07) is 8.68. The molecule has 0 radical (unpaired) electrons. The Kier molecular flexibility index (Phi) is 2.12. The van der Waals surface area contributed by atoms with Gasteiger partial charge < -0.3 is 10.2 Å². The number of carboxylic acid groups (broad SMARTS) is 1. The van der Waals surface area contributed by atoms with Crippen LogP contribution in [0.15, 0.2) is 30.3 Å². The van der Waals surface area contributed by atoms with Gasteiger partial charge >= 0.3 is 5.97 Å². The van der Waals surface area contributed by atoms with Gasteiger partial charge in [0.1, 0.15) is 19.2 Å². The van der Waals surface area contributed by atoms with Gasteiger partial charge in [0, 0.05) is 5.39 Å². The van der Waals surface area contributed by atoms with Gasteiger partial charge in [0.25, 0.3) is 0 Å². The summed E-state index contributed by atoms with van der Waals surface area (Å²) in [6.45, 7) is 0. The highest BCUT2D eigenvalue weighted by atomic mass is 16.4. The number of hydrogen-bond donors (Lipinski definition) is 2. The lowest BCUT2D eigenvalue weighted by molar-refractivity contribution is 0.0694. The number of carbonyl (C=O) groups is 1. The van der Waals surface area contributed by atoms with E-state index in [0.717, 1.165) is 10.8 Å². The van der Waals surface area contributed by atoms with Gasteiger partial charge in [-0.15, -0.1) is 0 Å². The smallest absolute Gasteiger partial charge is 0.339 e. The van der Waals surface area contributed by atoms with E-state index in [2.05, 4.69) is 0 Å². The van der Waals surface area contributed by atoms with E-state index in [1.807, 2.05) is 20.0 Å². The molecule has 0 unspecified atom stereocenters. The molecule has 2 aromatic rings. The molecule has 2 N–H and O–H groups in total. The first-order chi connectivity index (χ1) is 7.11. The van der Waals surface area contributed by atoms with Crippen LogP contribution in [-0.2, 0) is 0 Å². The zero-order valence-corrected chi connectivity index (χ0v) is 8.19. The fraction of sp³-hybridized carbons (Fsp3) is 0. The van der Waals surface area contributed by atoms with Gasteiger partial charge in [-0.2, -0.15) is 0 Å². The van der Waals surface area contributed by atoms with Crippen LogP contribution in [0.3, 0.4) is 0 Å². The summed E-state index contributed by atoms with van der Waals surface area (Å²) >= 11 is 0. The Morgan fingerprint density at radius 3 is 2.40 bits per heavy atom. The number of hydrogen-bond acceptors (Lipinski definition) is 2. The number of benzene rings is 2. The SMILES string of the molecule is Bc1cc(C(=O)O)c(O)c2ccccc12. The number of rotatable bonds is 1. The van der Waals surface area contributed by atoms with Gasteiger partial charge in [0.2, 0.25) is 0 Å². The number of aromatic carboxylic acids is 1. The molecule has 0 aliphatic rings. The minimum atomic E-state index is -1.11. The molecule has 0 fully saturated rings. The van der Waals surface area contributed by atoms with Gasteiger partial charge in [-0.1, -0.05) is 29.7 Å². The topological polar surface area (TPSA) is 57.5 Å². The molecule has 0 saturated heterocycles. The van der Waals surface area contributed by atoms with Crippen LogP contribution in [0.1, 0.15) is 10.4 Å². The molecule has 0 heterocycles.